The van der Waals surface area contributed by atoms with Crippen molar-refractivity contribution in [3.8, 4) is 0 Å². The first-order valence-electron chi connectivity index (χ1n) is 4.86. The maximum absolute atomic E-state index is 11.5. The second-order valence-electron chi connectivity index (χ2n) is 4.01. The van der Waals surface area contributed by atoms with E-state index in [1.807, 2.05) is 27.0 Å². The smallest absolute Gasteiger partial charge is 0.307 e. The molecular formula is C9H18N2O3S3. The van der Waals surface area contributed by atoms with Crippen molar-refractivity contribution < 1.29 is 13.8 Å². The highest BCUT2D eigenvalue weighted by Gasteiger charge is 2.16. The summed E-state index contributed by atoms with van der Waals surface area (Å²) in [4.78, 5) is 15.7. The zero-order valence-corrected chi connectivity index (χ0v) is 13.1. The van der Waals surface area contributed by atoms with Crippen molar-refractivity contribution in [2.24, 2.45) is 5.16 Å². The lowest BCUT2D eigenvalue weighted by molar-refractivity contribution is 0.153. The molecule has 0 aliphatic rings. The number of carbonyl (C=O) groups excluding carboxylic acids is 1. The standard InChI is InChI=1S/C9H18N2O3S3/c1-7(15-5)11-14-8(12)10-6-17(13)16-9(2,3)4/h6H2,1-5H3,(H,10,12)/b11-7+. The van der Waals surface area contributed by atoms with Crippen LogP contribution >= 0.6 is 22.6 Å². The molecule has 0 aromatic heterocycles. The highest BCUT2D eigenvalue weighted by molar-refractivity contribution is 8.69. The van der Waals surface area contributed by atoms with Crippen molar-refractivity contribution in [2.75, 3.05) is 12.1 Å². The van der Waals surface area contributed by atoms with E-state index in [1.54, 1.807) is 6.92 Å². The molecule has 0 aromatic carbocycles. The van der Waals surface area contributed by atoms with Gasteiger partial charge >= 0.3 is 6.09 Å². The van der Waals surface area contributed by atoms with Crippen LogP contribution in [0.4, 0.5) is 4.79 Å². The van der Waals surface area contributed by atoms with Gasteiger partial charge in [-0.2, -0.15) is 0 Å². The number of carbonyl (C=O) groups is 1. The van der Waals surface area contributed by atoms with Crippen LogP contribution in [0.2, 0.25) is 0 Å². The third-order valence-electron chi connectivity index (χ3n) is 1.23. The van der Waals surface area contributed by atoms with Crippen LogP contribution in [0.1, 0.15) is 27.7 Å². The fourth-order valence-corrected chi connectivity index (χ4v) is 3.59. The molecule has 0 saturated heterocycles. The number of thioether (sulfide) groups is 1. The maximum atomic E-state index is 11.5. The Hall–Kier alpha value is -0.210. The summed E-state index contributed by atoms with van der Waals surface area (Å²) in [6.45, 7) is 7.60. The molecule has 1 amide bonds. The number of nitrogens with one attached hydrogen (secondary N) is 1. The van der Waals surface area contributed by atoms with E-state index in [0.29, 0.717) is 5.04 Å². The fourth-order valence-electron chi connectivity index (χ4n) is 0.601. The second-order valence-corrected chi connectivity index (χ2v) is 8.92. The number of amides is 1. The quantitative estimate of drug-likeness (QED) is 0.284. The first kappa shape index (κ1) is 16.8. The Morgan fingerprint density at radius 2 is 2.06 bits per heavy atom. The molecular weight excluding hydrogens is 280 g/mol. The van der Waals surface area contributed by atoms with E-state index in [4.69, 9.17) is 0 Å². The molecule has 17 heavy (non-hydrogen) atoms. The topological polar surface area (TPSA) is 67.8 Å². The number of hydrogen-bond donors (Lipinski definition) is 1. The minimum absolute atomic E-state index is 0.0502. The Morgan fingerprint density at radius 1 is 1.47 bits per heavy atom. The molecule has 0 spiro atoms. The fraction of sp³-hybridized carbons (Fsp3) is 0.778. The molecule has 0 rings (SSSR count). The third-order valence-corrected chi connectivity index (χ3v) is 5.37. The van der Waals surface area contributed by atoms with E-state index in [-0.39, 0.29) is 10.6 Å². The number of oxime groups is 1. The van der Waals surface area contributed by atoms with Gasteiger partial charge in [-0.15, -0.1) is 11.8 Å². The summed E-state index contributed by atoms with van der Waals surface area (Å²) >= 11 is 1.38. The van der Waals surface area contributed by atoms with Crippen molar-refractivity contribution >= 4 is 43.5 Å². The van der Waals surface area contributed by atoms with Crippen molar-refractivity contribution in [1.82, 2.24) is 5.32 Å². The van der Waals surface area contributed by atoms with E-state index < -0.39 is 15.9 Å². The maximum Gasteiger partial charge on any atom is 0.434 e. The molecule has 5 nitrogen and oxygen atoms in total. The van der Waals surface area contributed by atoms with Crippen molar-refractivity contribution in [3.05, 3.63) is 0 Å². The largest absolute Gasteiger partial charge is 0.434 e. The summed E-state index contributed by atoms with van der Waals surface area (Å²) < 4.78 is 11.4. The molecule has 0 aliphatic heterocycles. The lowest BCUT2D eigenvalue weighted by atomic mass is 10.3. The van der Waals surface area contributed by atoms with Crippen LogP contribution in [0.3, 0.4) is 0 Å². The molecule has 0 aromatic rings. The molecule has 1 unspecified atom stereocenters. The monoisotopic (exact) mass is 298 g/mol. The van der Waals surface area contributed by atoms with E-state index in [2.05, 4.69) is 15.3 Å². The van der Waals surface area contributed by atoms with Gasteiger partial charge in [-0.05, 0) is 13.2 Å². The molecule has 100 valence electrons. The summed E-state index contributed by atoms with van der Waals surface area (Å²) in [5.41, 5.74) is 0. The van der Waals surface area contributed by atoms with E-state index in [1.165, 1.54) is 22.6 Å². The van der Waals surface area contributed by atoms with Gasteiger partial charge in [-0.1, -0.05) is 36.7 Å². The summed E-state index contributed by atoms with van der Waals surface area (Å²) in [5, 5.41) is 6.59. The molecule has 1 atom stereocenters. The first-order valence-corrected chi connectivity index (χ1v) is 8.73. The lowest BCUT2D eigenvalue weighted by Crippen LogP contribution is -2.27. The van der Waals surface area contributed by atoms with Crippen LogP contribution in [0.15, 0.2) is 5.16 Å². The molecule has 0 aliphatic carbocycles. The van der Waals surface area contributed by atoms with Crippen molar-refractivity contribution in [1.29, 1.82) is 0 Å². The average Bonchev–Trinajstić information content (AvgIpc) is 2.20. The van der Waals surface area contributed by atoms with Gasteiger partial charge in [0.1, 0.15) is 20.8 Å². The SMILES string of the molecule is CS/C(C)=N/OC(=O)NCS(=O)SC(C)(C)C. The second kappa shape index (κ2) is 7.99. The van der Waals surface area contributed by atoms with Gasteiger partial charge in [0.25, 0.3) is 0 Å². The Bertz CT molecular complexity index is 313. The van der Waals surface area contributed by atoms with Crippen LogP contribution in [-0.4, -0.2) is 32.2 Å². The van der Waals surface area contributed by atoms with Crippen LogP contribution in [-0.2, 0) is 14.7 Å². The number of nitrogens with zero attached hydrogens (tertiary/aromatic N) is 1. The van der Waals surface area contributed by atoms with Gasteiger partial charge in [0.2, 0.25) is 0 Å². The molecule has 8 heteroatoms. The normalized spacial score (nSPS) is 14.3. The lowest BCUT2D eigenvalue weighted by Gasteiger charge is -2.15. The molecule has 0 fully saturated rings. The van der Waals surface area contributed by atoms with Crippen molar-refractivity contribution in [2.45, 2.75) is 32.4 Å². The van der Waals surface area contributed by atoms with Gasteiger partial charge in [-0.25, -0.2) is 9.00 Å². The Balaban J connectivity index is 3.89. The van der Waals surface area contributed by atoms with E-state index in [9.17, 15) is 9.00 Å². The zero-order valence-electron chi connectivity index (χ0n) is 10.6. The van der Waals surface area contributed by atoms with Crippen LogP contribution in [0.5, 0.6) is 0 Å². The minimum Gasteiger partial charge on any atom is -0.307 e. The van der Waals surface area contributed by atoms with Gasteiger partial charge in [-0.3, -0.25) is 4.84 Å². The van der Waals surface area contributed by atoms with E-state index >= 15 is 0 Å². The average molecular weight is 298 g/mol. The third kappa shape index (κ3) is 10.7. The predicted octanol–water partition coefficient (Wildman–Crippen LogP) is 2.56. The molecule has 0 saturated carbocycles. The minimum atomic E-state index is -1.18. The molecule has 1 N–H and O–H groups in total. The highest BCUT2D eigenvalue weighted by atomic mass is 33.1. The molecule has 0 bridgehead atoms. The number of rotatable bonds is 4. The van der Waals surface area contributed by atoms with E-state index in [0.717, 1.165) is 0 Å². The summed E-state index contributed by atoms with van der Waals surface area (Å²) in [6.07, 6.45) is 1.14. The van der Waals surface area contributed by atoms with Gasteiger partial charge in [0.05, 0.1) is 0 Å². The molecule has 0 radical (unpaired) electrons. The zero-order chi connectivity index (χ0) is 13.5. The Morgan fingerprint density at radius 3 is 2.53 bits per heavy atom. The predicted molar refractivity (Wildman–Crippen MR) is 76.6 cm³/mol. The van der Waals surface area contributed by atoms with Gasteiger partial charge < -0.3 is 5.32 Å². The van der Waals surface area contributed by atoms with Crippen LogP contribution in [0, 0.1) is 0 Å². The Labute approximate surface area is 112 Å². The van der Waals surface area contributed by atoms with Crippen molar-refractivity contribution in [3.63, 3.8) is 0 Å². The van der Waals surface area contributed by atoms with Crippen LogP contribution < -0.4 is 5.32 Å². The summed E-state index contributed by atoms with van der Waals surface area (Å²) in [6, 6.07) is 0. The van der Waals surface area contributed by atoms with Crippen LogP contribution in [0.25, 0.3) is 0 Å². The van der Waals surface area contributed by atoms with Gasteiger partial charge in [0.15, 0.2) is 0 Å². The number of hydrogen-bond acceptors (Lipinski definition) is 6. The summed E-state index contributed by atoms with van der Waals surface area (Å²) in [7, 11) is 0.115. The highest BCUT2D eigenvalue weighted by Crippen LogP contribution is 2.26. The van der Waals surface area contributed by atoms with Gasteiger partial charge in [0, 0.05) is 4.75 Å². The first-order chi connectivity index (χ1) is 7.74. The summed E-state index contributed by atoms with van der Waals surface area (Å²) in [5.74, 6) is 0.0502. The Kier molecular flexibility index (Phi) is 7.89. The molecule has 0 heterocycles.